The van der Waals surface area contributed by atoms with Crippen LogP contribution in [-0.4, -0.2) is 35.4 Å². The highest BCUT2D eigenvalue weighted by atomic mass is 16.6. The van der Waals surface area contributed by atoms with Crippen LogP contribution in [0.15, 0.2) is 36.4 Å². The van der Waals surface area contributed by atoms with Crippen molar-refractivity contribution in [3.8, 4) is 0 Å². The summed E-state index contributed by atoms with van der Waals surface area (Å²) in [5, 5.41) is 10.4. The van der Waals surface area contributed by atoms with Crippen LogP contribution in [0.1, 0.15) is 39.7 Å². The molecule has 0 saturated heterocycles. The number of benzene rings is 2. The van der Waals surface area contributed by atoms with Gasteiger partial charge in [0.25, 0.3) is 0 Å². The van der Waals surface area contributed by atoms with Crippen molar-refractivity contribution in [2.24, 2.45) is 0 Å². The third-order valence-electron chi connectivity index (χ3n) is 4.13. The Morgan fingerprint density at radius 2 is 1.80 bits per heavy atom. The van der Waals surface area contributed by atoms with Crippen LogP contribution in [0.25, 0.3) is 10.8 Å². The van der Waals surface area contributed by atoms with Gasteiger partial charge in [0.2, 0.25) is 0 Å². The minimum absolute atomic E-state index is 0.154. The zero-order valence-corrected chi connectivity index (χ0v) is 15.6. The van der Waals surface area contributed by atoms with E-state index in [4.69, 9.17) is 15.9 Å². The van der Waals surface area contributed by atoms with Crippen LogP contribution in [0.4, 0.5) is 10.5 Å². The fourth-order valence-electron chi connectivity index (χ4n) is 2.64. The second kappa shape index (κ2) is 7.13. The topological polar surface area (TPSA) is 79.4 Å². The van der Waals surface area contributed by atoms with E-state index in [1.54, 1.807) is 11.9 Å². The van der Waals surface area contributed by atoms with Crippen molar-refractivity contribution < 1.29 is 9.53 Å². The summed E-state index contributed by atoms with van der Waals surface area (Å²) in [4.78, 5) is 13.7. The Morgan fingerprint density at radius 1 is 1.20 bits per heavy atom. The van der Waals surface area contributed by atoms with E-state index in [0.29, 0.717) is 17.8 Å². The number of nitrogen functional groups attached to an aromatic ring is 1. The third-order valence-corrected chi connectivity index (χ3v) is 4.13. The van der Waals surface area contributed by atoms with Crippen molar-refractivity contribution in [1.29, 1.82) is 5.41 Å². The molecule has 2 aromatic rings. The van der Waals surface area contributed by atoms with Gasteiger partial charge < -0.3 is 20.8 Å². The number of rotatable bonds is 4. The summed E-state index contributed by atoms with van der Waals surface area (Å²) in [6, 6.07) is 11.3. The Hall–Kier alpha value is -2.56. The molecule has 5 nitrogen and oxygen atoms in total. The first-order chi connectivity index (χ1) is 11.6. The Kier molecular flexibility index (Phi) is 5.36. The molecule has 0 aromatic heterocycles. The first kappa shape index (κ1) is 18.8. The fourth-order valence-corrected chi connectivity index (χ4v) is 2.64. The number of nitrogens with two attached hydrogens (primary N) is 1. The third kappa shape index (κ3) is 4.50. The van der Waals surface area contributed by atoms with Gasteiger partial charge in [0.1, 0.15) is 5.60 Å². The quantitative estimate of drug-likeness (QED) is 0.637. The molecule has 134 valence electrons. The maximum Gasteiger partial charge on any atom is 0.410 e. The van der Waals surface area contributed by atoms with E-state index in [0.717, 1.165) is 16.3 Å². The molecule has 0 bridgehead atoms. The molecule has 2 rings (SSSR count). The van der Waals surface area contributed by atoms with Crippen molar-refractivity contribution in [1.82, 2.24) is 4.90 Å². The molecule has 1 unspecified atom stereocenters. The van der Waals surface area contributed by atoms with Crippen molar-refractivity contribution in [2.75, 3.05) is 12.8 Å². The summed E-state index contributed by atoms with van der Waals surface area (Å²) in [5.74, 6) is 0. The Morgan fingerprint density at radius 3 is 2.40 bits per heavy atom. The summed E-state index contributed by atoms with van der Waals surface area (Å²) in [6.07, 6.45) is 0.0545. The number of hydrogen-bond acceptors (Lipinski definition) is 4. The van der Waals surface area contributed by atoms with E-state index in [-0.39, 0.29) is 12.1 Å². The molecular formula is C20H27N3O2. The maximum absolute atomic E-state index is 12.2. The summed E-state index contributed by atoms with van der Waals surface area (Å²) < 4.78 is 5.39. The summed E-state index contributed by atoms with van der Waals surface area (Å²) >= 11 is 0. The van der Waals surface area contributed by atoms with Gasteiger partial charge in [-0.3, -0.25) is 0 Å². The number of ether oxygens (including phenoxy) is 1. The van der Waals surface area contributed by atoms with E-state index in [1.807, 2.05) is 64.1 Å². The van der Waals surface area contributed by atoms with Crippen molar-refractivity contribution >= 4 is 28.3 Å². The first-order valence-electron chi connectivity index (χ1n) is 8.41. The lowest BCUT2D eigenvalue weighted by Crippen LogP contribution is -2.40. The maximum atomic E-state index is 12.2. The normalized spacial score (nSPS) is 12.7. The number of fused-ring (bicyclic) bond motifs is 1. The standard InChI is InChI=1S/C20H27N3O2/c1-13(23(5)19(24)25-20(2,3)4)12-18(22)16-10-11-17(21)15-9-7-6-8-14(15)16/h6-11,13,22H,12,21H2,1-5H3. The van der Waals surface area contributed by atoms with Gasteiger partial charge in [-0.1, -0.05) is 30.3 Å². The van der Waals surface area contributed by atoms with Crippen LogP contribution in [0.5, 0.6) is 0 Å². The molecule has 2 aromatic carbocycles. The van der Waals surface area contributed by atoms with E-state index < -0.39 is 5.60 Å². The van der Waals surface area contributed by atoms with Crippen molar-refractivity contribution in [2.45, 2.75) is 45.8 Å². The lowest BCUT2D eigenvalue weighted by molar-refractivity contribution is 0.0241. The molecule has 25 heavy (non-hydrogen) atoms. The van der Waals surface area contributed by atoms with Gasteiger partial charge in [-0.15, -0.1) is 0 Å². The molecule has 0 heterocycles. The van der Waals surface area contributed by atoms with Crippen LogP contribution in [-0.2, 0) is 4.74 Å². The van der Waals surface area contributed by atoms with Crippen LogP contribution in [0.3, 0.4) is 0 Å². The zero-order valence-electron chi connectivity index (χ0n) is 15.6. The fraction of sp³-hybridized carbons (Fsp3) is 0.400. The van der Waals surface area contributed by atoms with Gasteiger partial charge in [-0.25, -0.2) is 4.79 Å². The minimum atomic E-state index is -0.536. The molecule has 0 aliphatic carbocycles. The van der Waals surface area contributed by atoms with Crippen LogP contribution in [0, 0.1) is 5.41 Å². The summed E-state index contributed by atoms with van der Waals surface area (Å²) in [6.45, 7) is 7.43. The molecule has 1 amide bonds. The molecule has 0 aliphatic rings. The zero-order chi connectivity index (χ0) is 18.8. The molecule has 5 heteroatoms. The minimum Gasteiger partial charge on any atom is -0.444 e. The molecule has 0 spiro atoms. The predicted molar refractivity (Wildman–Crippen MR) is 103 cm³/mol. The molecule has 0 aliphatic heterocycles. The number of amides is 1. The molecular weight excluding hydrogens is 314 g/mol. The summed E-state index contributed by atoms with van der Waals surface area (Å²) in [7, 11) is 1.70. The Labute approximate surface area is 149 Å². The molecule has 0 saturated carbocycles. The second-order valence-electron chi connectivity index (χ2n) is 7.37. The van der Waals surface area contributed by atoms with Crippen LogP contribution in [0.2, 0.25) is 0 Å². The molecule has 3 N–H and O–H groups in total. The van der Waals surface area contributed by atoms with E-state index >= 15 is 0 Å². The number of anilines is 1. The van der Waals surface area contributed by atoms with Gasteiger partial charge in [0, 0.05) is 41.9 Å². The smallest absolute Gasteiger partial charge is 0.410 e. The molecule has 1 atom stereocenters. The number of nitrogens with zero attached hydrogens (tertiary/aromatic N) is 1. The number of nitrogens with one attached hydrogen (secondary N) is 1. The highest BCUT2D eigenvalue weighted by Gasteiger charge is 2.24. The summed E-state index contributed by atoms with van der Waals surface area (Å²) in [5.41, 5.74) is 7.51. The van der Waals surface area contributed by atoms with Gasteiger partial charge >= 0.3 is 6.09 Å². The lowest BCUT2D eigenvalue weighted by Gasteiger charge is -2.29. The van der Waals surface area contributed by atoms with Gasteiger partial charge in [0.15, 0.2) is 0 Å². The molecule has 0 radical (unpaired) electrons. The first-order valence-corrected chi connectivity index (χ1v) is 8.41. The van der Waals surface area contributed by atoms with Crippen molar-refractivity contribution in [3.63, 3.8) is 0 Å². The average Bonchev–Trinajstić information content (AvgIpc) is 2.52. The van der Waals surface area contributed by atoms with E-state index in [1.165, 1.54) is 0 Å². The van der Waals surface area contributed by atoms with Crippen LogP contribution < -0.4 is 5.73 Å². The lowest BCUT2D eigenvalue weighted by atomic mass is 9.96. The van der Waals surface area contributed by atoms with Crippen LogP contribution >= 0.6 is 0 Å². The largest absolute Gasteiger partial charge is 0.444 e. The highest BCUT2D eigenvalue weighted by molar-refractivity contribution is 6.12. The highest BCUT2D eigenvalue weighted by Crippen LogP contribution is 2.26. The Balaban J connectivity index is 2.17. The van der Waals surface area contributed by atoms with E-state index in [9.17, 15) is 4.79 Å². The van der Waals surface area contributed by atoms with E-state index in [2.05, 4.69) is 0 Å². The number of hydrogen-bond donors (Lipinski definition) is 2. The number of carbonyl (C=O) groups excluding carboxylic acids is 1. The van der Waals surface area contributed by atoms with Gasteiger partial charge in [-0.2, -0.15) is 0 Å². The van der Waals surface area contributed by atoms with Gasteiger partial charge in [-0.05, 0) is 39.1 Å². The SMILES string of the molecule is CC(CC(=N)c1ccc(N)c2ccccc12)N(C)C(=O)OC(C)(C)C. The predicted octanol–water partition coefficient (Wildman–Crippen LogP) is 4.44. The van der Waals surface area contributed by atoms with Gasteiger partial charge in [0.05, 0.1) is 0 Å². The monoisotopic (exact) mass is 341 g/mol. The Bertz CT molecular complexity index is 793. The number of carbonyl (C=O) groups is 1. The molecule has 0 fully saturated rings. The van der Waals surface area contributed by atoms with Crippen molar-refractivity contribution in [3.05, 3.63) is 42.0 Å². The average molecular weight is 341 g/mol. The second-order valence-corrected chi connectivity index (χ2v) is 7.37.